The SMILES string of the molecule is Cc1ccc(OCCNC(=O)C2CCN(c3cc(-n4ccnc4)ncn3)CC2)cc1. The van der Waals surface area contributed by atoms with Gasteiger partial charge in [0.25, 0.3) is 0 Å². The second-order valence-corrected chi connectivity index (χ2v) is 7.42. The third-order valence-electron chi connectivity index (χ3n) is 5.29. The average molecular weight is 406 g/mol. The summed E-state index contributed by atoms with van der Waals surface area (Å²) in [7, 11) is 0. The molecule has 1 saturated heterocycles. The molecule has 1 fully saturated rings. The van der Waals surface area contributed by atoms with E-state index in [9.17, 15) is 4.79 Å². The van der Waals surface area contributed by atoms with E-state index in [-0.39, 0.29) is 11.8 Å². The number of hydrogen-bond acceptors (Lipinski definition) is 6. The fourth-order valence-electron chi connectivity index (χ4n) is 3.54. The molecule has 0 radical (unpaired) electrons. The molecule has 1 aromatic carbocycles. The summed E-state index contributed by atoms with van der Waals surface area (Å²) in [6.45, 7) is 4.59. The number of ether oxygens (including phenoxy) is 1. The van der Waals surface area contributed by atoms with Crippen molar-refractivity contribution in [3.8, 4) is 11.6 Å². The van der Waals surface area contributed by atoms with E-state index in [1.807, 2.05) is 48.0 Å². The molecule has 2 aromatic heterocycles. The molecular weight excluding hydrogens is 380 g/mol. The van der Waals surface area contributed by atoms with Crippen molar-refractivity contribution in [1.29, 1.82) is 0 Å². The number of nitrogens with zero attached hydrogens (tertiary/aromatic N) is 5. The topological polar surface area (TPSA) is 85.2 Å². The Morgan fingerprint density at radius 2 is 1.93 bits per heavy atom. The molecule has 0 bridgehead atoms. The van der Waals surface area contributed by atoms with Gasteiger partial charge < -0.3 is 15.0 Å². The predicted molar refractivity (Wildman–Crippen MR) is 114 cm³/mol. The van der Waals surface area contributed by atoms with Crippen LogP contribution in [0.1, 0.15) is 18.4 Å². The normalized spacial score (nSPS) is 14.5. The van der Waals surface area contributed by atoms with Crippen LogP contribution in [0.25, 0.3) is 5.82 Å². The van der Waals surface area contributed by atoms with Gasteiger partial charge in [-0.1, -0.05) is 17.7 Å². The molecule has 1 N–H and O–H groups in total. The van der Waals surface area contributed by atoms with Gasteiger partial charge >= 0.3 is 0 Å². The van der Waals surface area contributed by atoms with Crippen molar-refractivity contribution in [3.05, 3.63) is 60.9 Å². The van der Waals surface area contributed by atoms with Crippen molar-refractivity contribution in [1.82, 2.24) is 24.8 Å². The number of rotatable bonds is 7. The predicted octanol–water partition coefficient (Wildman–Crippen LogP) is 2.38. The molecule has 1 aliphatic rings. The van der Waals surface area contributed by atoms with Crippen LogP contribution in [-0.4, -0.2) is 51.7 Å². The summed E-state index contributed by atoms with van der Waals surface area (Å²) < 4.78 is 7.52. The van der Waals surface area contributed by atoms with Crippen molar-refractivity contribution in [2.45, 2.75) is 19.8 Å². The number of benzene rings is 1. The van der Waals surface area contributed by atoms with Gasteiger partial charge in [-0.05, 0) is 31.9 Å². The number of imidazole rings is 1. The van der Waals surface area contributed by atoms with Gasteiger partial charge in [0.05, 0.1) is 6.54 Å². The van der Waals surface area contributed by atoms with Gasteiger partial charge in [0.1, 0.15) is 36.6 Å². The second-order valence-electron chi connectivity index (χ2n) is 7.42. The summed E-state index contributed by atoms with van der Waals surface area (Å²) in [5.74, 6) is 2.60. The summed E-state index contributed by atoms with van der Waals surface area (Å²) in [4.78, 5) is 27.4. The molecule has 8 heteroatoms. The maximum absolute atomic E-state index is 12.5. The fraction of sp³-hybridized carbons (Fsp3) is 0.364. The minimum absolute atomic E-state index is 0.0237. The number of aryl methyl sites for hydroxylation is 1. The lowest BCUT2D eigenvalue weighted by atomic mass is 9.96. The summed E-state index contributed by atoms with van der Waals surface area (Å²) in [6.07, 6.45) is 8.45. The molecule has 1 amide bonds. The molecule has 0 unspecified atom stereocenters. The number of nitrogens with one attached hydrogen (secondary N) is 1. The van der Waals surface area contributed by atoms with Crippen LogP contribution in [0.2, 0.25) is 0 Å². The molecule has 0 saturated carbocycles. The molecule has 30 heavy (non-hydrogen) atoms. The molecule has 0 atom stereocenters. The minimum Gasteiger partial charge on any atom is -0.492 e. The quantitative estimate of drug-likeness (QED) is 0.607. The highest BCUT2D eigenvalue weighted by molar-refractivity contribution is 5.79. The van der Waals surface area contributed by atoms with Crippen molar-refractivity contribution in [2.75, 3.05) is 31.1 Å². The smallest absolute Gasteiger partial charge is 0.223 e. The van der Waals surface area contributed by atoms with Crippen LogP contribution in [0.3, 0.4) is 0 Å². The lowest BCUT2D eigenvalue weighted by molar-refractivity contribution is -0.125. The van der Waals surface area contributed by atoms with Crippen molar-refractivity contribution < 1.29 is 9.53 Å². The summed E-state index contributed by atoms with van der Waals surface area (Å²) >= 11 is 0. The number of carbonyl (C=O) groups is 1. The number of anilines is 1. The van der Waals surface area contributed by atoms with Gasteiger partial charge in [-0.2, -0.15) is 0 Å². The average Bonchev–Trinajstić information content (AvgIpc) is 3.33. The van der Waals surface area contributed by atoms with Crippen molar-refractivity contribution in [3.63, 3.8) is 0 Å². The number of aromatic nitrogens is 4. The molecule has 0 aliphatic carbocycles. The Morgan fingerprint density at radius 3 is 2.67 bits per heavy atom. The van der Waals surface area contributed by atoms with E-state index in [1.54, 1.807) is 18.9 Å². The molecule has 156 valence electrons. The Hall–Kier alpha value is -3.42. The van der Waals surface area contributed by atoms with Crippen LogP contribution < -0.4 is 15.0 Å². The van der Waals surface area contributed by atoms with Gasteiger partial charge in [0, 0.05) is 37.5 Å². The lowest BCUT2D eigenvalue weighted by Crippen LogP contribution is -2.41. The second kappa shape index (κ2) is 9.39. The zero-order valence-electron chi connectivity index (χ0n) is 17.1. The van der Waals surface area contributed by atoms with Crippen LogP contribution in [0.15, 0.2) is 55.4 Å². The van der Waals surface area contributed by atoms with E-state index in [4.69, 9.17) is 4.74 Å². The van der Waals surface area contributed by atoms with Crippen LogP contribution in [0.5, 0.6) is 5.75 Å². The Balaban J connectivity index is 1.22. The Morgan fingerprint density at radius 1 is 1.17 bits per heavy atom. The number of amides is 1. The van der Waals surface area contributed by atoms with Gasteiger partial charge in [0.2, 0.25) is 5.91 Å². The Labute approximate surface area is 175 Å². The highest BCUT2D eigenvalue weighted by Crippen LogP contribution is 2.22. The maximum Gasteiger partial charge on any atom is 0.223 e. The largest absolute Gasteiger partial charge is 0.492 e. The summed E-state index contributed by atoms with van der Waals surface area (Å²) in [6, 6.07) is 9.86. The molecule has 3 aromatic rings. The third-order valence-corrected chi connectivity index (χ3v) is 5.29. The zero-order chi connectivity index (χ0) is 20.8. The van der Waals surface area contributed by atoms with Crippen LogP contribution in [-0.2, 0) is 4.79 Å². The van der Waals surface area contributed by atoms with E-state index in [2.05, 4.69) is 25.2 Å². The first-order valence-corrected chi connectivity index (χ1v) is 10.2. The first-order valence-electron chi connectivity index (χ1n) is 10.2. The van der Waals surface area contributed by atoms with Crippen LogP contribution in [0.4, 0.5) is 5.82 Å². The first kappa shape index (κ1) is 19.9. The monoisotopic (exact) mass is 406 g/mol. The van der Waals surface area contributed by atoms with Crippen molar-refractivity contribution in [2.24, 2.45) is 5.92 Å². The maximum atomic E-state index is 12.5. The van der Waals surface area contributed by atoms with E-state index in [0.29, 0.717) is 13.2 Å². The Bertz CT molecular complexity index is 950. The molecule has 8 nitrogen and oxygen atoms in total. The van der Waals surface area contributed by atoms with Gasteiger partial charge in [-0.15, -0.1) is 0 Å². The summed E-state index contributed by atoms with van der Waals surface area (Å²) in [5.41, 5.74) is 1.20. The standard InChI is InChI=1S/C22H26N6O2/c1-17-2-4-19(5-3-17)30-13-9-24-22(29)18-6-10-27(11-7-18)20-14-21(26-15-25-20)28-12-8-23-16-28/h2-5,8,12,14-16,18H,6-7,9-11,13H2,1H3,(H,24,29). The molecule has 0 spiro atoms. The van der Waals surface area contributed by atoms with Crippen LogP contribution >= 0.6 is 0 Å². The van der Waals surface area contributed by atoms with Crippen molar-refractivity contribution >= 4 is 11.7 Å². The van der Waals surface area contributed by atoms with E-state index < -0.39 is 0 Å². The first-order chi connectivity index (χ1) is 14.7. The van der Waals surface area contributed by atoms with E-state index in [1.165, 1.54) is 5.56 Å². The third kappa shape index (κ3) is 4.94. The van der Waals surface area contributed by atoms with E-state index >= 15 is 0 Å². The Kier molecular flexibility index (Phi) is 6.22. The lowest BCUT2D eigenvalue weighted by Gasteiger charge is -2.32. The zero-order valence-corrected chi connectivity index (χ0v) is 17.1. The van der Waals surface area contributed by atoms with Crippen LogP contribution in [0, 0.1) is 12.8 Å². The van der Waals surface area contributed by atoms with E-state index in [0.717, 1.165) is 43.3 Å². The number of piperidine rings is 1. The fourth-order valence-corrected chi connectivity index (χ4v) is 3.54. The summed E-state index contributed by atoms with van der Waals surface area (Å²) in [5, 5.41) is 3.00. The number of carbonyl (C=O) groups excluding carboxylic acids is 1. The highest BCUT2D eigenvalue weighted by atomic mass is 16.5. The minimum atomic E-state index is 0.0237. The number of hydrogen-bond donors (Lipinski definition) is 1. The van der Waals surface area contributed by atoms with Gasteiger partial charge in [-0.25, -0.2) is 15.0 Å². The van der Waals surface area contributed by atoms with Gasteiger partial charge in [0.15, 0.2) is 0 Å². The molecule has 1 aliphatic heterocycles. The van der Waals surface area contributed by atoms with Gasteiger partial charge in [-0.3, -0.25) is 9.36 Å². The highest BCUT2D eigenvalue weighted by Gasteiger charge is 2.25. The molecular formula is C22H26N6O2. The molecule has 4 rings (SSSR count). The molecule has 3 heterocycles.